The Bertz CT molecular complexity index is 819. The molecule has 3 fully saturated rings. The first-order valence-corrected chi connectivity index (χ1v) is 10.8. The molecule has 0 unspecified atom stereocenters. The zero-order valence-corrected chi connectivity index (χ0v) is 14.9. The standard InChI is InChI=1S/C16H17FN2O4S2/c17-10-3-5-11(6-4-10)19-12-8-25(21,22)9-14(12)24-16(19)18-15(20)13-2-1-7-23-13/h3-6,12-14H,1-2,7-9H2/t12-,13+,14-/m0/s1. The smallest absolute Gasteiger partial charge is 0.277 e. The van der Waals surface area contributed by atoms with Crippen molar-refractivity contribution >= 4 is 38.4 Å². The minimum atomic E-state index is -3.12. The maximum absolute atomic E-state index is 13.3. The van der Waals surface area contributed by atoms with Gasteiger partial charge in [-0.1, -0.05) is 11.8 Å². The van der Waals surface area contributed by atoms with Crippen molar-refractivity contribution in [2.24, 2.45) is 4.99 Å². The van der Waals surface area contributed by atoms with E-state index in [4.69, 9.17) is 4.74 Å². The number of rotatable bonds is 2. The zero-order chi connectivity index (χ0) is 17.6. The van der Waals surface area contributed by atoms with Gasteiger partial charge in [-0.15, -0.1) is 0 Å². The molecule has 0 bridgehead atoms. The number of halogens is 1. The van der Waals surface area contributed by atoms with Gasteiger partial charge >= 0.3 is 0 Å². The van der Waals surface area contributed by atoms with E-state index in [0.717, 1.165) is 6.42 Å². The van der Waals surface area contributed by atoms with Crippen molar-refractivity contribution in [2.45, 2.75) is 30.2 Å². The largest absolute Gasteiger partial charge is 0.368 e. The Morgan fingerprint density at radius 2 is 2.04 bits per heavy atom. The van der Waals surface area contributed by atoms with Crippen LogP contribution in [0.15, 0.2) is 29.3 Å². The number of amidine groups is 1. The molecule has 3 heterocycles. The summed E-state index contributed by atoms with van der Waals surface area (Å²) in [5.74, 6) is -0.641. The number of benzene rings is 1. The Labute approximate surface area is 149 Å². The monoisotopic (exact) mass is 384 g/mol. The van der Waals surface area contributed by atoms with E-state index in [1.165, 1.54) is 23.9 Å². The summed E-state index contributed by atoms with van der Waals surface area (Å²) in [5, 5.41) is 0.295. The van der Waals surface area contributed by atoms with Gasteiger partial charge in [0.2, 0.25) is 0 Å². The van der Waals surface area contributed by atoms with E-state index in [2.05, 4.69) is 4.99 Å². The van der Waals surface area contributed by atoms with E-state index in [1.807, 2.05) is 0 Å². The van der Waals surface area contributed by atoms with Crippen molar-refractivity contribution in [1.82, 2.24) is 0 Å². The quantitative estimate of drug-likeness (QED) is 0.771. The molecule has 6 nitrogen and oxygen atoms in total. The van der Waals surface area contributed by atoms with Gasteiger partial charge in [0.25, 0.3) is 5.91 Å². The fourth-order valence-electron chi connectivity index (χ4n) is 3.41. The van der Waals surface area contributed by atoms with E-state index in [0.29, 0.717) is 23.9 Å². The number of aliphatic imine (C=N–C) groups is 1. The van der Waals surface area contributed by atoms with Gasteiger partial charge in [0.05, 0.1) is 17.5 Å². The lowest BCUT2D eigenvalue weighted by Crippen LogP contribution is -2.38. The molecular formula is C16H17FN2O4S2. The van der Waals surface area contributed by atoms with Crippen molar-refractivity contribution in [2.75, 3.05) is 23.0 Å². The summed E-state index contributed by atoms with van der Waals surface area (Å²) in [6.07, 6.45) is 0.963. The van der Waals surface area contributed by atoms with Crippen LogP contribution in [0, 0.1) is 5.82 Å². The van der Waals surface area contributed by atoms with Crippen LogP contribution in [0.1, 0.15) is 12.8 Å². The Morgan fingerprint density at radius 1 is 1.28 bits per heavy atom. The Hall–Kier alpha value is -1.45. The van der Waals surface area contributed by atoms with Gasteiger partial charge in [-0.2, -0.15) is 4.99 Å². The van der Waals surface area contributed by atoms with Gasteiger partial charge in [-0.3, -0.25) is 4.79 Å². The second-order valence-electron chi connectivity index (χ2n) is 6.38. The molecule has 0 aromatic heterocycles. The fourth-order valence-corrected chi connectivity index (χ4v) is 7.33. The highest BCUT2D eigenvalue weighted by Gasteiger charge is 2.49. The van der Waals surface area contributed by atoms with Crippen LogP contribution in [0.25, 0.3) is 0 Å². The van der Waals surface area contributed by atoms with Gasteiger partial charge in [0.1, 0.15) is 11.9 Å². The summed E-state index contributed by atoms with van der Waals surface area (Å²) in [4.78, 5) is 18.3. The Morgan fingerprint density at radius 3 is 2.72 bits per heavy atom. The summed E-state index contributed by atoms with van der Waals surface area (Å²) in [7, 11) is -3.12. The van der Waals surface area contributed by atoms with Crippen molar-refractivity contribution < 1.29 is 22.3 Å². The average Bonchev–Trinajstić information content (AvgIpc) is 3.23. The highest BCUT2D eigenvalue weighted by molar-refractivity contribution is 8.16. The average molecular weight is 384 g/mol. The van der Waals surface area contributed by atoms with Crippen LogP contribution in [0.3, 0.4) is 0 Å². The summed E-state index contributed by atoms with van der Waals surface area (Å²) in [6, 6.07) is 5.49. The van der Waals surface area contributed by atoms with Crippen LogP contribution in [0.5, 0.6) is 0 Å². The number of hydrogen-bond donors (Lipinski definition) is 0. The molecule has 3 aliphatic heterocycles. The van der Waals surface area contributed by atoms with E-state index < -0.39 is 15.9 Å². The molecule has 9 heteroatoms. The number of hydrogen-bond acceptors (Lipinski definition) is 5. The van der Waals surface area contributed by atoms with E-state index in [-0.39, 0.29) is 34.5 Å². The van der Waals surface area contributed by atoms with Gasteiger partial charge < -0.3 is 9.64 Å². The predicted molar refractivity (Wildman–Crippen MR) is 94.1 cm³/mol. The van der Waals surface area contributed by atoms with Gasteiger partial charge in [-0.05, 0) is 37.1 Å². The van der Waals surface area contributed by atoms with Crippen molar-refractivity contribution in [3.05, 3.63) is 30.1 Å². The number of carbonyl (C=O) groups excluding carboxylic acids is 1. The lowest BCUT2D eigenvalue weighted by atomic mass is 10.2. The first-order chi connectivity index (χ1) is 11.9. The molecule has 3 saturated heterocycles. The predicted octanol–water partition coefficient (Wildman–Crippen LogP) is 1.61. The molecule has 1 aromatic carbocycles. The first-order valence-electron chi connectivity index (χ1n) is 8.09. The number of sulfone groups is 1. The van der Waals surface area contributed by atoms with Crippen LogP contribution < -0.4 is 4.90 Å². The van der Waals surface area contributed by atoms with Crippen LogP contribution in [-0.2, 0) is 19.4 Å². The molecule has 4 rings (SSSR count). The van der Waals surface area contributed by atoms with Gasteiger partial charge in [0.15, 0.2) is 15.0 Å². The third-order valence-electron chi connectivity index (χ3n) is 4.58. The number of ether oxygens (including phenoxy) is 1. The molecular weight excluding hydrogens is 367 g/mol. The molecule has 134 valence electrons. The van der Waals surface area contributed by atoms with Crippen molar-refractivity contribution in [3.63, 3.8) is 0 Å². The minimum absolute atomic E-state index is 0.00911. The lowest BCUT2D eigenvalue weighted by molar-refractivity contribution is -0.126. The lowest BCUT2D eigenvalue weighted by Gasteiger charge is -2.24. The maximum Gasteiger partial charge on any atom is 0.277 e. The molecule has 3 atom stereocenters. The molecule has 0 saturated carbocycles. The van der Waals surface area contributed by atoms with Crippen LogP contribution in [0.4, 0.5) is 10.1 Å². The summed E-state index contributed by atoms with van der Waals surface area (Å²) >= 11 is 1.30. The molecule has 0 spiro atoms. The zero-order valence-electron chi connectivity index (χ0n) is 13.3. The normalized spacial score (nSPS) is 32.3. The van der Waals surface area contributed by atoms with Crippen molar-refractivity contribution in [1.29, 1.82) is 0 Å². The minimum Gasteiger partial charge on any atom is -0.368 e. The van der Waals surface area contributed by atoms with Gasteiger partial charge in [0, 0.05) is 17.5 Å². The number of anilines is 1. The highest BCUT2D eigenvalue weighted by atomic mass is 32.2. The molecule has 25 heavy (non-hydrogen) atoms. The van der Waals surface area contributed by atoms with E-state index in [1.54, 1.807) is 17.0 Å². The second kappa shape index (κ2) is 6.37. The number of nitrogens with zero attached hydrogens (tertiary/aromatic N) is 2. The Kier molecular flexibility index (Phi) is 4.33. The molecule has 1 aromatic rings. The van der Waals surface area contributed by atoms with Crippen LogP contribution in [-0.4, -0.2) is 55.0 Å². The van der Waals surface area contributed by atoms with E-state index in [9.17, 15) is 17.6 Å². The molecule has 0 radical (unpaired) electrons. The third-order valence-corrected chi connectivity index (χ3v) is 7.79. The third kappa shape index (κ3) is 3.32. The maximum atomic E-state index is 13.3. The number of fused-ring (bicyclic) bond motifs is 1. The second-order valence-corrected chi connectivity index (χ2v) is 9.74. The fraction of sp³-hybridized carbons (Fsp3) is 0.500. The van der Waals surface area contributed by atoms with E-state index >= 15 is 0 Å². The molecule has 3 aliphatic rings. The molecule has 0 aliphatic carbocycles. The summed E-state index contributed by atoms with van der Waals surface area (Å²) < 4.78 is 42.6. The molecule has 1 amide bonds. The first kappa shape index (κ1) is 17.0. The summed E-state index contributed by atoms with van der Waals surface area (Å²) in [6.45, 7) is 0.555. The SMILES string of the molecule is O=C(N=C1S[C@H]2CS(=O)(=O)C[C@@H]2N1c1ccc(F)cc1)[C@H]1CCCO1. The molecule has 0 N–H and O–H groups in total. The Balaban J connectivity index is 1.68. The summed E-state index contributed by atoms with van der Waals surface area (Å²) in [5.41, 5.74) is 0.636. The number of amides is 1. The van der Waals surface area contributed by atoms with Crippen LogP contribution in [0.2, 0.25) is 0 Å². The van der Waals surface area contributed by atoms with Gasteiger partial charge in [-0.25, -0.2) is 12.8 Å². The number of thioether (sulfide) groups is 1. The number of carbonyl (C=O) groups is 1. The van der Waals surface area contributed by atoms with Crippen molar-refractivity contribution in [3.8, 4) is 0 Å². The van der Waals surface area contributed by atoms with Crippen LogP contribution >= 0.6 is 11.8 Å². The highest BCUT2D eigenvalue weighted by Crippen LogP contribution is 2.41. The topological polar surface area (TPSA) is 76.0 Å².